The fourth-order valence-corrected chi connectivity index (χ4v) is 2.62. The van der Waals surface area contributed by atoms with Crippen molar-refractivity contribution in [2.45, 2.75) is 71.4 Å². The summed E-state index contributed by atoms with van der Waals surface area (Å²) in [6.45, 7) is 6.27. The Morgan fingerprint density at radius 3 is 2.31 bits per heavy atom. The van der Waals surface area contributed by atoms with E-state index < -0.39 is 7.60 Å². The van der Waals surface area contributed by atoms with Gasteiger partial charge in [0.15, 0.2) is 0 Å². The molecule has 2 atom stereocenters. The first-order valence-electron chi connectivity index (χ1n) is 6.49. The average Bonchev–Trinajstić information content (AvgIpc) is 2.24. The van der Waals surface area contributed by atoms with Crippen LogP contribution in [0.4, 0.5) is 0 Å². The van der Waals surface area contributed by atoms with Crippen molar-refractivity contribution in [3.05, 3.63) is 0 Å². The van der Waals surface area contributed by atoms with E-state index in [2.05, 4.69) is 6.92 Å². The van der Waals surface area contributed by atoms with Crippen molar-refractivity contribution in [2.24, 2.45) is 0 Å². The summed E-state index contributed by atoms with van der Waals surface area (Å²) in [5.41, 5.74) is -0.332. The van der Waals surface area contributed by atoms with Gasteiger partial charge in [0, 0.05) is 5.66 Å². The quantitative estimate of drug-likeness (QED) is 0.438. The Balaban J connectivity index is 3.76. The zero-order valence-corrected chi connectivity index (χ0v) is 11.8. The van der Waals surface area contributed by atoms with Crippen molar-refractivity contribution >= 4 is 7.60 Å². The number of hydrogen-bond acceptors (Lipinski definition) is 3. The van der Waals surface area contributed by atoms with Crippen molar-refractivity contribution in [3.8, 4) is 0 Å². The second kappa shape index (κ2) is 9.21. The molecule has 98 valence electrons. The van der Waals surface area contributed by atoms with Crippen molar-refractivity contribution in [2.75, 3.05) is 6.61 Å². The second-order valence-electron chi connectivity index (χ2n) is 4.42. The van der Waals surface area contributed by atoms with Gasteiger partial charge in [0.1, 0.15) is 7.60 Å². The molecule has 0 fully saturated rings. The maximum absolute atomic E-state index is 11.7. The summed E-state index contributed by atoms with van der Waals surface area (Å²) in [5, 5.41) is 0. The zero-order chi connectivity index (χ0) is 12.4. The van der Waals surface area contributed by atoms with Gasteiger partial charge in [-0.1, -0.05) is 52.9 Å². The molecule has 4 heteroatoms. The minimum absolute atomic E-state index is 0.332. The molecule has 0 aromatic carbocycles. The van der Waals surface area contributed by atoms with Crippen molar-refractivity contribution in [1.29, 1.82) is 0 Å². The van der Waals surface area contributed by atoms with Crippen molar-refractivity contribution in [1.82, 2.24) is 0 Å². The monoisotopic (exact) mass is 249 g/mol. The van der Waals surface area contributed by atoms with Crippen LogP contribution >= 0.6 is 7.60 Å². The first-order chi connectivity index (χ1) is 7.54. The van der Waals surface area contributed by atoms with Gasteiger partial charge in [-0.05, 0) is 12.8 Å². The van der Waals surface area contributed by atoms with Crippen LogP contribution in [0, 0.1) is 0 Å². The van der Waals surface area contributed by atoms with Gasteiger partial charge >= 0.3 is 0 Å². The second-order valence-corrected chi connectivity index (χ2v) is 6.64. The Hall–Kier alpha value is 0.150. The van der Waals surface area contributed by atoms with Crippen LogP contribution in [0.3, 0.4) is 0 Å². The predicted octanol–water partition coefficient (Wildman–Crippen LogP) is 3.72. The number of hydrogen-bond donors (Lipinski definition) is 0. The summed E-state index contributed by atoms with van der Waals surface area (Å²) < 4.78 is 16.7. The van der Waals surface area contributed by atoms with E-state index in [-0.39, 0.29) is 5.66 Å². The van der Waals surface area contributed by atoms with Crippen LogP contribution in [0.1, 0.15) is 65.7 Å². The summed E-state index contributed by atoms with van der Waals surface area (Å²) in [4.78, 5) is 11.7. The van der Waals surface area contributed by atoms with Crippen molar-refractivity contribution < 1.29 is 14.0 Å². The summed E-state index contributed by atoms with van der Waals surface area (Å²) in [6.07, 6.45) is 6.98. The molecule has 0 N–H and O–H groups in total. The summed E-state index contributed by atoms with van der Waals surface area (Å²) in [6, 6.07) is 0. The molecule has 0 aliphatic carbocycles. The largest absolute Gasteiger partial charge is 0.778 e. The van der Waals surface area contributed by atoms with E-state index in [1.807, 2.05) is 6.92 Å². The molecule has 3 nitrogen and oxygen atoms in total. The molecule has 0 aromatic heterocycles. The van der Waals surface area contributed by atoms with Gasteiger partial charge in [0.05, 0.1) is 6.61 Å². The molecule has 0 radical (unpaired) electrons. The molecule has 0 bridgehead atoms. The Kier molecular flexibility index (Phi) is 9.29. The molecule has 0 aromatic rings. The van der Waals surface area contributed by atoms with Gasteiger partial charge in [0.25, 0.3) is 0 Å². The Labute approximate surface area is 100 Å². The van der Waals surface area contributed by atoms with Gasteiger partial charge in [0.2, 0.25) is 0 Å². The molecule has 0 saturated heterocycles. The molecule has 0 aliphatic heterocycles. The number of unbranched alkanes of at least 4 members (excludes halogenated alkanes) is 4. The van der Waals surface area contributed by atoms with Crippen LogP contribution in [-0.4, -0.2) is 12.3 Å². The van der Waals surface area contributed by atoms with Crippen LogP contribution in [0.15, 0.2) is 0 Å². The van der Waals surface area contributed by atoms with E-state index in [0.717, 1.165) is 32.1 Å². The van der Waals surface area contributed by atoms with E-state index in [1.54, 1.807) is 6.92 Å². The lowest BCUT2D eigenvalue weighted by atomic mass is 10.1. The molecule has 0 heterocycles. The van der Waals surface area contributed by atoms with E-state index in [4.69, 9.17) is 4.52 Å². The maximum atomic E-state index is 11.7. The standard InChI is InChI=1S/C12H27O3P/c1-4-6-8-9-10-12(3)16(13,14)15-11-7-5-2/h12H,4-11H2,1-3H3,(H,13,14)/p-1. The van der Waals surface area contributed by atoms with E-state index >= 15 is 0 Å². The third kappa shape index (κ3) is 7.43. The summed E-state index contributed by atoms with van der Waals surface area (Å²) >= 11 is 0. The SMILES string of the molecule is CCCCCCC(C)P(=O)([O-])OCCCC. The predicted molar refractivity (Wildman–Crippen MR) is 66.7 cm³/mol. The van der Waals surface area contributed by atoms with Crippen LogP contribution in [0.25, 0.3) is 0 Å². The van der Waals surface area contributed by atoms with Crippen LogP contribution in [-0.2, 0) is 9.09 Å². The highest BCUT2D eigenvalue weighted by Crippen LogP contribution is 2.45. The summed E-state index contributed by atoms with van der Waals surface area (Å²) in [5.74, 6) is 0. The summed E-state index contributed by atoms with van der Waals surface area (Å²) in [7, 11) is -3.61. The molecule has 0 saturated carbocycles. The van der Waals surface area contributed by atoms with Crippen LogP contribution in [0.2, 0.25) is 0 Å². The highest BCUT2D eigenvalue weighted by molar-refractivity contribution is 7.52. The minimum Gasteiger partial charge on any atom is -0.778 e. The fourth-order valence-electron chi connectivity index (χ4n) is 1.49. The van der Waals surface area contributed by atoms with Gasteiger partial charge < -0.3 is 14.0 Å². The molecule has 16 heavy (non-hydrogen) atoms. The van der Waals surface area contributed by atoms with Gasteiger partial charge in [-0.15, -0.1) is 0 Å². The molecular formula is C12H26O3P-. The maximum Gasteiger partial charge on any atom is 0.137 e. The average molecular weight is 249 g/mol. The first kappa shape index (κ1) is 16.1. The topological polar surface area (TPSA) is 49.4 Å². The highest BCUT2D eigenvalue weighted by Gasteiger charge is 2.17. The van der Waals surface area contributed by atoms with Gasteiger partial charge in [-0.25, -0.2) is 0 Å². The fraction of sp³-hybridized carbons (Fsp3) is 1.00. The normalized spacial score (nSPS) is 17.0. The Morgan fingerprint density at radius 1 is 1.12 bits per heavy atom. The van der Waals surface area contributed by atoms with E-state index in [9.17, 15) is 9.46 Å². The minimum atomic E-state index is -3.61. The molecule has 2 unspecified atom stereocenters. The van der Waals surface area contributed by atoms with Crippen LogP contribution < -0.4 is 4.89 Å². The van der Waals surface area contributed by atoms with Crippen LogP contribution in [0.5, 0.6) is 0 Å². The lowest BCUT2D eigenvalue weighted by Gasteiger charge is -2.29. The molecular weight excluding hydrogens is 223 g/mol. The molecule has 0 spiro atoms. The van der Waals surface area contributed by atoms with Gasteiger partial charge in [-0.2, -0.15) is 0 Å². The third-order valence-corrected chi connectivity index (χ3v) is 4.66. The lowest BCUT2D eigenvalue weighted by molar-refractivity contribution is -0.201. The van der Waals surface area contributed by atoms with E-state index in [1.165, 1.54) is 12.8 Å². The molecule has 0 rings (SSSR count). The lowest BCUT2D eigenvalue weighted by Crippen LogP contribution is -2.17. The van der Waals surface area contributed by atoms with Crippen molar-refractivity contribution in [3.63, 3.8) is 0 Å². The number of rotatable bonds is 10. The third-order valence-electron chi connectivity index (χ3n) is 2.78. The first-order valence-corrected chi connectivity index (χ1v) is 8.11. The Bertz CT molecular complexity index is 206. The molecule has 0 amide bonds. The zero-order valence-electron chi connectivity index (χ0n) is 10.9. The smallest absolute Gasteiger partial charge is 0.137 e. The van der Waals surface area contributed by atoms with E-state index in [0.29, 0.717) is 6.61 Å². The highest BCUT2D eigenvalue weighted by atomic mass is 31.2. The Morgan fingerprint density at radius 2 is 1.75 bits per heavy atom. The molecule has 0 aliphatic rings. The van der Waals surface area contributed by atoms with Gasteiger partial charge in [-0.3, -0.25) is 0 Å².